The summed E-state index contributed by atoms with van der Waals surface area (Å²) < 4.78 is 5.79. The highest BCUT2D eigenvalue weighted by Gasteiger charge is 2.15. The number of hydrogen-bond acceptors (Lipinski definition) is 3. The third-order valence-corrected chi connectivity index (χ3v) is 2.93. The summed E-state index contributed by atoms with van der Waals surface area (Å²) in [5, 5.41) is 4.53. The minimum absolute atomic E-state index is 0.419. The maximum atomic E-state index is 11.3. The van der Waals surface area contributed by atoms with Crippen LogP contribution in [0.1, 0.15) is 32.8 Å². The first-order chi connectivity index (χ1) is 8.38. The van der Waals surface area contributed by atoms with E-state index in [0.717, 1.165) is 5.56 Å². The molecule has 0 atom stereocenters. The van der Waals surface area contributed by atoms with Crippen LogP contribution in [-0.2, 0) is 4.74 Å². The molecular weight excluding hydrogens is 270 g/mol. The molecule has 5 heteroatoms. The third kappa shape index (κ3) is 5.95. The molecule has 0 saturated carbocycles. The Morgan fingerprint density at radius 3 is 2.83 bits per heavy atom. The normalized spacial score (nSPS) is 10.4. The first kappa shape index (κ1) is 14.9. The Morgan fingerprint density at radius 2 is 2.28 bits per heavy atom. The Morgan fingerprint density at radius 1 is 1.56 bits per heavy atom. The number of carbonyl (C=O) groups excluding carboxylic acids is 1. The second-order valence-electron chi connectivity index (χ2n) is 4.59. The smallest absolute Gasteiger partial charge is 0.407 e. The Bertz CT molecular complexity index is 465. The summed E-state index contributed by atoms with van der Waals surface area (Å²) in [5.74, 6) is 5.90. The quantitative estimate of drug-likeness (QED) is 0.665. The van der Waals surface area contributed by atoms with Gasteiger partial charge in [-0.15, -0.1) is 11.3 Å². The SMILES string of the molecule is CC(C)(C)OC(=O)NCCC#Cc1ccsc1Cl. The molecule has 0 unspecified atom stereocenters. The minimum atomic E-state index is -0.472. The number of rotatable bonds is 2. The molecule has 1 amide bonds. The molecule has 0 fully saturated rings. The molecule has 18 heavy (non-hydrogen) atoms. The number of hydrogen-bond donors (Lipinski definition) is 1. The van der Waals surface area contributed by atoms with Crippen LogP contribution in [0, 0.1) is 11.8 Å². The molecule has 0 bridgehead atoms. The van der Waals surface area contributed by atoms with Gasteiger partial charge in [0, 0.05) is 13.0 Å². The Labute approximate surface area is 116 Å². The zero-order valence-corrected chi connectivity index (χ0v) is 12.2. The molecule has 1 N–H and O–H groups in total. The summed E-state index contributed by atoms with van der Waals surface area (Å²) in [4.78, 5) is 11.3. The van der Waals surface area contributed by atoms with Gasteiger partial charge in [0.2, 0.25) is 0 Å². The van der Waals surface area contributed by atoms with E-state index in [0.29, 0.717) is 17.3 Å². The lowest BCUT2D eigenvalue weighted by molar-refractivity contribution is 0.0529. The van der Waals surface area contributed by atoms with Crippen LogP contribution in [0.5, 0.6) is 0 Å². The van der Waals surface area contributed by atoms with E-state index in [2.05, 4.69) is 17.2 Å². The molecule has 0 saturated heterocycles. The summed E-state index contributed by atoms with van der Waals surface area (Å²) in [6, 6.07) is 1.88. The Kier molecular flexibility index (Phi) is 5.52. The predicted molar refractivity (Wildman–Crippen MR) is 75.1 cm³/mol. The van der Waals surface area contributed by atoms with Gasteiger partial charge < -0.3 is 10.1 Å². The fourth-order valence-electron chi connectivity index (χ4n) is 1.08. The molecule has 0 spiro atoms. The van der Waals surface area contributed by atoms with Gasteiger partial charge >= 0.3 is 6.09 Å². The zero-order valence-electron chi connectivity index (χ0n) is 10.7. The number of alkyl carbamates (subject to hydrolysis) is 1. The second-order valence-corrected chi connectivity index (χ2v) is 6.11. The molecular formula is C13H16ClNO2S. The average molecular weight is 286 g/mol. The third-order valence-electron chi connectivity index (χ3n) is 1.76. The summed E-state index contributed by atoms with van der Waals surface area (Å²) in [6.45, 7) is 5.94. The van der Waals surface area contributed by atoms with Crippen LogP contribution in [0.4, 0.5) is 4.79 Å². The van der Waals surface area contributed by atoms with Gasteiger partial charge in [0.1, 0.15) is 9.94 Å². The van der Waals surface area contributed by atoms with Crippen LogP contribution in [0.25, 0.3) is 0 Å². The van der Waals surface area contributed by atoms with Gasteiger partial charge in [-0.2, -0.15) is 0 Å². The molecule has 3 nitrogen and oxygen atoms in total. The number of carbonyl (C=O) groups is 1. The average Bonchev–Trinajstić information content (AvgIpc) is 2.61. The fraction of sp³-hybridized carbons (Fsp3) is 0.462. The van der Waals surface area contributed by atoms with Gasteiger partial charge in [-0.3, -0.25) is 0 Å². The van der Waals surface area contributed by atoms with E-state index in [1.807, 2.05) is 32.2 Å². The highest BCUT2D eigenvalue weighted by Crippen LogP contribution is 2.21. The van der Waals surface area contributed by atoms with E-state index in [1.54, 1.807) is 0 Å². The van der Waals surface area contributed by atoms with Crippen molar-refractivity contribution in [2.24, 2.45) is 0 Å². The van der Waals surface area contributed by atoms with Gasteiger partial charge in [0.05, 0.1) is 5.56 Å². The maximum absolute atomic E-state index is 11.3. The lowest BCUT2D eigenvalue weighted by Crippen LogP contribution is -2.32. The number of ether oxygens (including phenoxy) is 1. The largest absolute Gasteiger partial charge is 0.444 e. The lowest BCUT2D eigenvalue weighted by Gasteiger charge is -2.19. The first-order valence-electron chi connectivity index (χ1n) is 5.57. The van der Waals surface area contributed by atoms with Gasteiger partial charge in [-0.25, -0.2) is 4.79 Å². The molecule has 0 aromatic carbocycles. The van der Waals surface area contributed by atoms with E-state index in [4.69, 9.17) is 16.3 Å². The minimum Gasteiger partial charge on any atom is -0.444 e. The molecule has 1 aromatic rings. The van der Waals surface area contributed by atoms with Gasteiger partial charge in [0.15, 0.2) is 0 Å². The maximum Gasteiger partial charge on any atom is 0.407 e. The van der Waals surface area contributed by atoms with Crippen molar-refractivity contribution in [1.29, 1.82) is 0 Å². The fourth-order valence-corrected chi connectivity index (χ4v) is 1.91. The number of nitrogens with one attached hydrogen (secondary N) is 1. The lowest BCUT2D eigenvalue weighted by atomic mass is 10.2. The number of halogens is 1. The molecule has 0 aliphatic rings. The van der Waals surface area contributed by atoms with E-state index < -0.39 is 11.7 Å². The molecule has 0 aliphatic carbocycles. The number of amides is 1. The van der Waals surface area contributed by atoms with E-state index in [-0.39, 0.29) is 0 Å². The van der Waals surface area contributed by atoms with Crippen molar-refractivity contribution in [3.63, 3.8) is 0 Å². The molecule has 98 valence electrons. The molecule has 1 aromatic heterocycles. The Hall–Kier alpha value is -1.18. The van der Waals surface area contributed by atoms with Crippen LogP contribution in [-0.4, -0.2) is 18.2 Å². The Balaban J connectivity index is 2.26. The standard InChI is InChI=1S/C13H16ClNO2S/c1-13(2,3)17-12(16)15-8-5-4-6-10-7-9-18-11(10)14/h7,9H,5,8H2,1-3H3,(H,15,16). The van der Waals surface area contributed by atoms with E-state index in [1.165, 1.54) is 11.3 Å². The predicted octanol–water partition coefficient (Wildman–Crippen LogP) is 3.67. The summed E-state index contributed by atoms with van der Waals surface area (Å²) in [5.41, 5.74) is 0.360. The van der Waals surface area contributed by atoms with E-state index >= 15 is 0 Å². The van der Waals surface area contributed by atoms with E-state index in [9.17, 15) is 4.79 Å². The van der Waals surface area contributed by atoms with Crippen molar-refractivity contribution in [3.05, 3.63) is 21.3 Å². The van der Waals surface area contributed by atoms with Crippen LogP contribution in [0.2, 0.25) is 4.34 Å². The molecule has 1 heterocycles. The van der Waals surface area contributed by atoms with Gasteiger partial charge in [-0.1, -0.05) is 23.4 Å². The van der Waals surface area contributed by atoms with Crippen molar-refractivity contribution in [1.82, 2.24) is 5.32 Å². The van der Waals surface area contributed by atoms with Crippen LogP contribution < -0.4 is 5.32 Å². The van der Waals surface area contributed by atoms with Crippen molar-refractivity contribution >= 4 is 29.0 Å². The topological polar surface area (TPSA) is 38.3 Å². The van der Waals surface area contributed by atoms with Crippen LogP contribution in [0.3, 0.4) is 0 Å². The molecule has 0 aliphatic heterocycles. The van der Waals surface area contributed by atoms with Crippen molar-refractivity contribution in [2.75, 3.05) is 6.54 Å². The van der Waals surface area contributed by atoms with Crippen LogP contribution in [0.15, 0.2) is 11.4 Å². The first-order valence-corrected chi connectivity index (χ1v) is 6.83. The van der Waals surface area contributed by atoms with Crippen molar-refractivity contribution in [3.8, 4) is 11.8 Å². The van der Waals surface area contributed by atoms with Gasteiger partial charge in [-0.05, 0) is 32.2 Å². The van der Waals surface area contributed by atoms with Crippen LogP contribution >= 0.6 is 22.9 Å². The number of thiophene rings is 1. The highest BCUT2D eigenvalue weighted by atomic mass is 35.5. The second kappa shape index (κ2) is 6.67. The summed E-state index contributed by atoms with van der Waals surface area (Å²) in [6.07, 6.45) is 0.142. The molecule has 1 rings (SSSR count). The molecule has 0 radical (unpaired) electrons. The monoisotopic (exact) mass is 285 g/mol. The van der Waals surface area contributed by atoms with Gasteiger partial charge in [0.25, 0.3) is 0 Å². The summed E-state index contributed by atoms with van der Waals surface area (Å²) in [7, 11) is 0. The zero-order chi connectivity index (χ0) is 13.6. The van der Waals surface area contributed by atoms with Crippen molar-refractivity contribution in [2.45, 2.75) is 32.8 Å². The summed E-state index contributed by atoms with van der Waals surface area (Å²) >= 11 is 7.35. The highest BCUT2D eigenvalue weighted by molar-refractivity contribution is 7.14. The van der Waals surface area contributed by atoms with Crippen molar-refractivity contribution < 1.29 is 9.53 Å².